The van der Waals surface area contributed by atoms with Crippen molar-refractivity contribution < 1.29 is 14.7 Å². The maximum absolute atomic E-state index is 11.2. The monoisotopic (exact) mass is 214 g/mol. The van der Waals surface area contributed by atoms with Crippen molar-refractivity contribution in [3.63, 3.8) is 0 Å². The second kappa shape index (κ2) is 5.48. The molecule has 5 heteroatoms. The maximum atomic E-state index is 11.2. The third-order valence-electron chi connectivity index (χ3n) is 2.28. The topological polar surface area (TPSA) is 78.8 Å². The van der Waals surface area contributed by atoms with Gasteiger partial charge in [-0.05, 0) is 27.2 Å². The zero-order chi connectivity index (χ0) is 12.1. The Labute approximate surface area is 89.6 Å². The quantitative estimate of drug-likeness (QED) is 0.661. The van der Waals surface area contributed by atoms with Gasteiger partial charge in [0.1, 0.15) is 0 Å². The molecule has 0 aliphatic carbocycles. The van der Waals surface area contributed by atoms with E-state index >= 15 is 0 Å². The van der Waals surface area contributed by atoms with Crippen molar-refractivity contribution in [2.24, 2.45) is 10.4 Å². The van der Waals surface area contributed by atoms with Gasteiger partial charge in [0.25, 0.3) is 5.91 Å². The Morgan fingerprint density at radius 2 is 1.93 bits per heavy atom. The van der Waals surface area contributed by atoms with Crippen LogP contribution in [0.2, 0.25) is 0 Å². The smallest absolute Gasteiger partial charge is 0.309 e. The van der Waals surface area contributed by atoms with Gasteiger partial charge in [-0.1, -0.05) is 0 Å². The Bertz CT molecular complexity index is 282. The van der Waals surface area contributed by atoms with Crippen molar-refractivity contribution in [2.75, 3.05) is 13.6 Å². The van der Waals surface area contributed by atoms with Gasteiger partial charge in [0.05, 0.1) is 11.1 Å². The molecule has 15 heavy (non-hydrogen) atoms. The third-order valence-corrected chi connectivity index (χ3v) is 2.28. The van der Waals surface area contributed by atoms with E-state index in [0.717, 1.165) is 0 Å². The summed E-state index contributed by atoms with van der Waals surface area (Å²) in [7, 11) is 1.54. The van der Waals surface area contributed by atoms with E-state index in [4.69, 9.17) is 5.11 Å². The lowest BCUT2D eigenvalue weighted by Gasteiger charge is -2.18. The lowest BCUT2D eigenvalue weighted by Crippen LogP contribution is -2.34. The predicted molar refractivity (Wildman–Crippen MR) is 58.1 cm³/mol. The highest BCUT2D eigenvalue weighted by Crippen LogP contribution is 2.19. The minimum atomic E-state index is -0.863. The number of nitrogens with zero attached hydrogens (tertiary/aromatic N) is 1. The molecule has 0 fully saturated rings. The van der Waals surface area contributed by atoms with Crippen LogP contribution in [0, 0.1) is 5.41 Å². The number of aliphatic imine (C=N–C) groups is 1. The van der Waals surface area contributed by atoms with Gasteiger partial charge < -0.3 is 10.4 Å². The number of amides is 1. The van der Waals surface area contributed by atoms with E-state index in [1.165, 1.54) is 7.05 Å². The standard InChI is InChI=1S/C10H18N2O3/c1-7(11-4)8(13)12-6-5-10(2,3)9(14)15/h5-6H2,1-4H3,(H,12,13)(H,14,15). The van der Waals surface area contributed by atoms with Crippen molar-refractivity contribution in [1.82, 2.24) is 5.32 Å². The van der Waals surface area contributed by atoms with Crippen LogP contribution in [0.25, 0.3) is 0 Å². The molecule has 0 aliphatic rings. The summed E-state index contributed by atoms with van der Waals surface area (Å²) in [6.45, 7) is 5.20. The predicted octanol–water partition coefficient (Wildman–Crippen LogP) is 0.694. The normalized spacial score (nSPS) is 12.4. The van der Waals surface area contributed by atoms with Gasteiger partial charge in [-0.3, -0.25) is 14.6 Å². The van der Waals surface area contributed by atoms with E-state index in [2.05, 4.69) is 10.3 Å². The SMILES string of the molecule is CN=C(C)C(=O)NCCC(C)(C)C(=O)O. The Hall–Kier alpha value is -1.39. The summed E-state index contributed by atoms with van der Waals surface area (Å²) >= 11 is 0. The number of carbonyl (C=O) groups is 2. The number of carbonyl (C=O) groups excluding carboxylic acids is 1. The van der Waals surface area contributed by atoms with Crippen LogP contribution in [0.3, 0.4) is 0 Å². The Morgan fingerprint density at radius 3 is 2.33 bits per heavy atom. The molecule has 0 aliphatic heterocycles. The van der Waals surface area contributed by atoms with Crippen molar-refractivity contribution >= 4 is 17.6 Å². The molecule has 0 aromatic heterocycles. The summed E-state index contributed by atoms with van der Waals surface area (Å²) in [5.41, 5.74) is -0.423. The van der Waals surface area contributed by atoms with Crippen molar-refractivity contribution in [2.45, 2.75) is 27.2 Å². The molecule has 0 unspecified atom stereocenters. The number of hydrogen-bond donors (Lipinski definition) is 2. The molecule has 2 N–H and O–H groups in total. The molecule has 86 valence electrons. The summed E-state index contributed by atoms with van der Waals surface area (Å²) < 4.78 is 0. The number of carboxylic acids is 1. The van der Waals surface area contributed by atoms with Crippen molar-refractivity contribution in [1.29, 1.82) is 0 Å². The molecule has 5 nitrogen and oxygen atoms in total. The fourth-order valence-corrected chi connectivity index (χ4v) is 0.825. The lowest BCUT2D eigenvalue weighted by molar-refractivity contribution is -0.147. The first kappa shape index (κ1) is 13.6. The van der Waals surface area contributed by atoms with E-state index < -0.39 is 11.4 Å². The average molecular weight is 214 g/mol. The van der Waals surface area contributed by atoms with E-state index in [-0.39, 0.29) is 5.91 Å². The Morgan fingerprint density at radius 1 is 1.40 bits per heavy atom. The summed E-state index contributed by atoms with van der Waals surface area (Å²) in [6, 6.07) is 0. The van der Waals surface area contributed by atoms with Gasteiger partial charge in [-0.25, -0.2) is 0 Å². The van der Waals surface area contributed by atoms with E-state index in [1.807, 2.05) is 0 Å². The van der Waals surface area contributed by atoms with Crippen molar-refractivity contribution in [3.05, 3.63) is 0 Å². The minimum absolute atomic E-state index is 0.251. The molecular formula is C10H18N2O3. The summed E-state index contributed by atoms with van der Waals surface area (Å²) in [6.07, 6.45) is 0.394. The number of carboxylic acid groups (broad SMARTS) is 1. The van der Waals surface area contributed by atoms with Crippen LogP contribution in [0.4, 0.5) is 0 Å². The lowest BCUT2D eigenvalue weighted by atomic mass is 9.90. The molecule has 0 radical (unpaired) electrons. The number of hydrogen-bond acceptors (Lipinski definition) is 3. The first-order chi connectivity index (χ1) is 6.81. The maximum Gasteiger partial charge on any atom is 0.309 e. The van der Waals surface area contributed by atoms with Gasteiger partial charge in [-0.15, -0.1) is 0 Å². The van der Waals surface area contributed by atoms with E-state index in [9.17, 15) is 9.59 Å². The molecule has 0 saturated heterocycles. The highest BCUT2D eigenvalue weighted by atomic mass is 16.4. The Balaban J connectivity index is 4.01. The van der Waals surface area contributed by atoms with Crippen LogP contribution in [-0.2, 0) is 9.59 Å². The minimum Gasteiger partial charge on any atom is -0.481 e. The van der Waals surface area contributed by atoms with E-state index in [0.29, 0.717) is 18.7 Å². The zero-order valence-corrected chi connectivity index (χ0v) is 9.63. The molecule has 0 saturated carbocycles. The second-order valence-electron chi connectivity index (χ2n) is 4.00. The molecule has 0 spiro atoms. The molecular weight excluding hydrogens is 196 g/mol. The van der Waals surface area contributed by atoms with Crippen LogP contribution in [-0.4, -0.2) is 36.3 Å². The number of nitrogens with one attached hydrogen (secondary N) is 1. The summed E-state index contributed by atoms with van der Waals surface area (Å²) in [5, 5.41) is 11.4. The van der Waals surface area contributed by atoms with Crippen molar-refractivity contribution in [3.8, 4) is 0 Å². The molecule has 0 heterocycles. The van der Waals surface area contributed by atoms with Gasteiger partial charge >= 0.3 is 5.97 Å². The van der Waals surface area contributed by atoms with Gasteiger partial charge in [0.15, 0.2) is 0 Å². The van der Waals surface area contributed by atoms with Gasteiger partial charge in [0.2, 0.25) is 0 Å². The van der Waals surface area contributed by atoms with E-state index in [1.54, 1.807) is 20.8 Å². The largest absolute Gasteiger partial charge is 0.481 e. The summed E-state index contributed by atoms with van der Waals surface area (Å²) in [4.78, 5) is 25.7. The average Bonchev–Trinajstić information content (AvgIpc) is 2.15. The van der Waals surface area contributed by atoms with Crippen LogP contribution in [0.15, 0.2) is 4.99 Å². The zero-order valence-electron chi connectivity index (χ0n) is 9.63. The van der Waals surface area contributed by atoms with Gasteiger partial charge in [-0.2, -0.15) is 0 Å². The molecule has 1 amide bonds. The van der Waals surface area contributed by atoms with Crippen LogP contribution < -0.4 is 5.32 Å². The second-order valence-corrected chi connectivity index (χ2v) is 4.00. The van der Waals surface area contributed by atoms with Crippen LogP contribution in [0.1, 0.15) is 27.2 Å². The molecule has 0 aromatic carbocycles. The molecule has 0 atom stereocenters. The van der Waals surface area contributed by atoms with Gasteiger partial charge in [0, 0.05) is 13.6 Å². The highest BCUT2D eigenvalue weighted by Gasteiger charge is 2.26. The third kappa shape index (κ3) is 4.58. The Kier molecular flexibility index (Phi) is 4.97. The fraction of sp³-hybridized carbons (Fsp3) is 0.700. The molecule has 0 rings (SSSR count). The highest BCUT2D eigenvalue weighted by molar-refractivity contribution is 6.37. The van der Waals surface area contributed by atoms with Crippen LogP contribution >= 0.6 is 0 Å². The molecule has 0 bridgehead atoms. The fourth-order valence-electron chi connectivity index (χ4n) is 0.825. The summed E-state index contributed by atoms with van der Waals surface area (Å²) in [5.74, 6) is -1.11. The first-order valence-electron chi connectivity index (χ1n) is 4.76. The number of rotatable bonds is 5. The molecule has 0 aromatic rings. The first-order valence-corrected chi connectivity index (χ1v) is 4.76. The van der Waals surface area contributed by atoms with Crippen LogP contribution in [0.5, 0.6) is 0 Å². The number of aliphatic carboxylic acids is 1.